The van der Waals surface area contributed by atoms with Crippen molar-refractivity contribution >= 4 is 5.91 Å². The second-order valence-corrected chi connectivity index (χ2v) is 7.33. The molecule has 2 saturated heterocycles. The van der Waals surface area contributed by atoms with Gasteiger partial charge in [-0.25, -0.2) is 0 Å². The second-order valence-electron chi connectivity index (χ2n) is 7.33. The number of rotatable bonds is 4. The van der Waals surface area contributed by atoms with Crippen molar-refractivity contribution in [2.75, 3.05) is 32.7 Å². The fourth-order valence-electron chi connectivity index (χ4n) is 3.62. The van der Waals surface area contributed by atoms with E-state index in [1.165, 1.54) is 12.8 Å². The van der Waals surface area contributed by atoms with Crippen LogP contribution >= 0.6 is 0 Å². The average molecular weight is 320 g/mol. The molecule has 2 aliphatic heterocycles. The van der Waals surface area contributed by atoms with Gasteiger partial charge >= 0.3 is 0 Å². The molecule has 0 radical (unpaired) electrons. The van der Waals surface area contributed by atoms with Gasteiger partial charge < -0.3 is 10.0 Å². The normalized spacial score (nSPS) is 26.8. The number of aryl methyl sites for hydroxylation is 1. The van der Waals surface area contributed by atoms with Crippen LogP contribution in [0.3, 0.4) is 0 Å². The highest BCUT2D eigenvalue weighted by atomic mass is 16.3. The number of hydrogen-bond acceptors (Lipinski definition) is 4. The number of hydrogen-bond donors (Lipinski definition) is 2. The quantitative estimate of drug-likeness (QED) is 0.861. The lowest BCUT2D eigenvalue weighted by Crippen LogP contribution is -2.42. The zero-order chi connectivity index (χ0) is 16.4. The molecule has 0 aromatic carbocycles. The molecule has 0 spiro atoms. The zero-order valence-corrected chi connectivity index (χ0v) is 14.2. The van der Waals surface area contributed by atoms with E-state index in [2.05, 4.69) is 22.0 Å². The lowest BCUT2D eigenvalue weighted by atomic mass is 9.99. The molecule has 3 heterocycles. The Morgan fingerprint density at radius 2 is 2.13 bits per heavy atom. The highest BCUT2D eigenvalue weighted by Gasteiger charge is 2.35. The number of H-pyrrole nitrogens is 1. The highest BCUT2D eigenvalue weighted by molar-refractivity contribution is 5.78. The van der Waals surface area contributed by atoms with Crippen LogP contribution in [0.2, 0.25) is 0 Å². The molecule has 2 aliphatic rings. The second kappa shape index (κ2) is 7.01. The van der Waals surface area contributed by atoms with Crippen LogP contribution in [0.15, 0.2) is 6.07 Å². The maximum absolute atomic E-state index is 12.5. The molecule has 2 atom stereocenters. The Balaban J connectivity index is 1.50. The summed E-state index contributed by atoms with van der Waals surface area (Å²) in [6.45, 7) is 7.85. The van der Waals surface area contributed by atoms with Gasteiger partial charge in [-0.3, -0.25) is 14.8 Å². The molecular formula is C17H28N4O2. The fraction of sp³-hybridized carbons (Fsp3) is 0.765. The van der Waals surface area contributed by atoms with Crippen molar-refractivity contribution in [3.63, 3.8) is 0 Å². The molecule has 1 aromatic heterocycles. The van der Waals surface area contributed by atoms with Gasteiger partial charge in [-0.2, -0.15) is 5.10 Å². The van der Waals surface area contributed by atoms with Crippen molar-refractivity contribution < 1.29 is 9.90 Å². The number of β-amino-alcohol motifs (C(OH)–C–C–N with tert-alkyl or cyclic N) is 1. The number of aromatic nitrogens is 2. The van der Waals surface area contributed by atoms with Crippen molar-refractivity contribution in [1.82, 2.24) is 20.0 Å². The predicted octanol–water partition coefficient (Wildman–Crippen LogP) is 0.812. The number of aliphatic hydroxyl groups excluding tert-OH is 1. The van der Waals surface area contributed by atoms with E-state index in [9.17, 15) is 9.90 Å². The monoisotopic (exact) mass is 320 g/mol. The van der Waals surface area contributed by atoms with Crippen molar-refractivity contribution in [1.29, 1.82) is 0 Å². The first-order chi connectivity index (χ1) is 11.0. The third-order valence-corrected chi connectivity index (χ3v) is 5.22. The lowest BCUT2D eigenvalue weighted by Gasteiger charge is -2.30. The van der Waals surface area contributed by atoms with Crippen molar-refractivity contribution in [2.45, 2.75) is 39.2 Å². The number of carbonyl (C=O) groups is 1. The standard InChI is InChI=1S/C17H28N4O2/c1-12-3-5-20(6-4-12)11-17(23)21-9-14(16(22)10-21)8-15-7-13(2)18-19-15/h7,12,14,16,22H,3-6,8-11H2,1-2H3,(H,18,19)/t14-,16-/m1/s1. The molecule has 0 bridgehead atoms. The molecular weight excluding hydrogens is 292 g/mol. The smallest absolute Gasteiger partial charge is 0.236 e. The van der Waals surface area contributed by atoms with Crippen molar-refractivity contribution in [3.8, 4) is 0 Å². The minimum absolute atomic E-state index is 0.0861. The van der Waals surface area contributed by atoms with Gasteiger partial charge in [-0.05, 0) is 51.3 Å². The largest absolute Gasteiger partial charge is 0.391 e. The van der Waals surface area contributed by atoms with Crippen LogP contribution in [0, 0.1) is 18.8 Å². The molecule has 23 heavy (non-hydrogen) atoms. The Bertz CT molecular complexity index is 536. The van der Waals surface area contributed by atoms with Gasteiger partial charge in [-0.15, -0.1) is 0 Å². The maximum atomic E-state index is 12.5. The number of aromatic amines is 1. The Morgan fingerprint density at radius 3 is 2.78 bits per heavy atom. The molecule has 3 rings (SSSR count). The van der Waals surface area contributed by atoms with Crippen LogP contribution in [0.1, 0.15) is 31.2 Å². The van der Waals surface area contributed by atoms with E-state index in [0.717, 1.165) is 36.8 Å². The summed E-state index contributed by atoms with van der Waals surface area (Å²) >= 11 is 0. The molecule has 6 nitrogen and oxygen atoms in total. The number of aliphatic hydroxyl groups is 1. The van der Waals surface area contributed by atoms with Gasteiger partial charge in [0.05, 0.1) is 18.3 Å². The van der Waals surface area contributed by atoms with E-state index < -0.39 is 6.10 Å². The number of carbonyl (C=O) groups excluding carboxylic acids is 1. The number of piperidine rings is 1. The molecule has 0 saturated carbocycles. The summed E-state index contributed by atoms with van der Waals surface area (Å²) in [7, 11) is 0. The molecule has 128 valence electrons. The minimum atomic E-state index is -0.447. The Hall–Kier alpha value is -1.40. The first kappa shape index (κ1) is 16.5. The summed E-state index contributed by atoms with van der Waals surface area (Å²) in [6, 6.07) is 2.01. The van der Waals surface area contributed by atoms with E-state index in [1.54, 1.807) is 0 Å². The van der Waals surface area contributed by atoms with E-state index in [-0.39, 0.29) is 11.8 Å². The molecule has 2 fully saturated rings. The Morgan fingerprint density at radius 1 is 1.39 bits per heavy atom. The molecule has 0 unspecified atom stereocenters. The highest BCUT2D eigenvalue weighted by Crippen LogP contribution is 2.22. The first-order valence-corrected chi connectivity index (χ1v) is 8.70. The van der Waals surface area contributed by atoms with Gasteiger partial charge in [0, 0.05) is 24.7 Å². The van der Waals surface area contributed by atoms with Crippen molar-refractivity contribution in [2.24, 2.45) is 11.8 Å². The molecule has 6 heteroatoms. The zero-order valence-electron chi connectivity index (χ0n) is 14.2. The minimum Gasteiger partial charge on any atom is -0.391 e. The number of likely N-dealkylation sites (tertiary alicyclic amines) is 2. The van der Waals surface area contributed by atoms with Gasteiger partial charge in [0.25, 0.3) is 0 Å². The molecule has 1 amide bonds. The SMILES string of the molecule is Cc1cc(C[C@@H]2CN(C(=O)CN3CCC(C)CC3)C[C@H]2O)n[nH]1. The summed E-state index contributed by atoms with van der Waals surface area (Å²) < 4.78 is 0. The van der Waals surface area contributed by atoms with Crippen LogP contribution in [-0.4, -0.2) is 69.8 Å². The Kier molecular flexibility index (Phi) is 5.02. The molecule has 1 aromatic rings. The summed E-state index contributed by atoms with van der Waals surface area (Å²) in [5, 5.41) is 17.4. The first-order valence-electron chi connectivity index (χ1n) is 8.70. The Labute approximate surface area is 137 Å². The summed E-state index contributed by atoms with van der Waals surface area (Å²) in [6.07, 6.45) is 2.63. The van der Waals surface area contributed by atoms with Crippen LogP contribution < -0.4 is 0 Å². The summed E-state index contributed by atoms with van der Waals surface area (Å²) in [5.74, 6) is 1.01. The van der Waals surface area contributed by atoms with Gasteiger partial charge in [-0.1, -0.05) is 6.92 Å². The van der Waals surface area contributed by atoms with Crippen LogP contribution in [0.5, 0.6) is 0 Å². The van der Waals surface area contributed by atoms with Gasteiger partial charge in [0.2, 0.25) is 5.91 Å². The van der Waals surface area contributed by atoms with Crippen molar-refractivity contribution in [3.05, 3.63) is 17.5 Å². The van der Waals surface area contributed by atoms with Crippen LogP contribution in [0.4, 0.5) is 0 Å². The number of amides is 1. The average Bonchev–Trinajstić information content (AvgIpc) is 3.08. The van der Waals surface area contributed by atoms with E-state index in [0.29, 0.717) is 19.6 Å². The molecule has 0 aliphatic carbocycles. The summed E-state index contributed by atoms with van der Waals surface area (Å²) in [5.41, 5.74) is 1.99. The number of nitrogens with zero attached hydrogens (tertiary/aromatic N) is 3. The van der Waals surface area contributed by atoms with Crippen LogP contribution in [-0.2, 0) is 11.2 Å². The van der Waals surface area contributed by atoms with Crippen LogP contribution in [0.25, 0.3) is 0 Å². The van der Waals surface area contributed by atoms with E-state index in [1.807, 2.05) is 17.9 Å². The number of nitrogens with one attached hydrogen (secondary N) is 1. The maximum Gasteiger partial charge on any atom is 0.236 e. The third-order valence-electron chi connectivity index (χ3n) is 5.22. The predicted molar refractivity (Wildman–Crippen MR) is 87.9 cm³/mol. The van der Waals surface area contributed by atoms with E-state index >= 15 is 0 Å². The fourth-order valence-corrected chi connectivity index (χ4v) is 3.62. The summed E-state index contributed by atoms with van der Waals surface area (Å²) in [4.78, 5) is 16.6. The lowest BCUT2D eigenvalue weighted by molar-refractivity contribution is -0.132. The molecule has 2 N–H and O–H groups in total. The third kappa shape index (κ3) is 4.12. The van der Waals surface area contributed by atoms with Gasteiger partial charge in [0.15, 0.2) is 0 Å². The topological polar surface area (TPSA) is 72.5 Å². The van der Waals surface area contributed by atoms with E-state index in [4.69, 9.17) is 0 Å². The van der Waals surface area contributed by atoms with Gasteiger partial charge in [0.1, 0.15) is 0 Å².